The summed E-state index contributed by atoms with van der Waals surface area (Å²) in [7, 11) is 0. The summed E-state index contributed by atoms with van der Waals surface area (Å²) in [6, 6.07) is 9.57. The molecule has 3 rings (SSSR count). The Morgan fingerprint density at radius 3 is 2.92 bits per heavy atom. The van der Waals surface area contributed by atoms with Crippen molar-refractivity contribution in [3.05, 3.63) is 35.9 Å². The second-order valence-electron chi connectivity index (χ2n) is 6.57. The van der Waals surface area contributed by atoms with Crippen molar-refractivity contribution in [1.29, 1.82) is 0 Å². The summed E-state index contributed by atoms with van der Waals surface area (Å²) in [5, 5.41) is 0. The van der Waals surface area contributed by atoms with Gasteiger partial charge in [0, 0.05) is 6.54 Å². The second kappa shape index (κ2) is 7.90. The first-order valence-corrected chi connectivity index (χ1v) is 8.77. The van der Waals surface area contributed by atoms with Crippen LogP contribution in [0.3, 0.4) is 0 Å². The van der Waals surface area contributed by atoms with Gasteiger partial charge in [-0.25, -0.2) is 0 Å². The van der Waals surface area contributed by atoms with Crippen LogP contribution >= 0.6 is 0 Å². The van der Waals surface area contributed by atoms with E-state index >= 15 is 0 Å². The van der Waals surface area contributed by atoms with Crippen LogP contribution in [0, 0.1) is 5.92 Å². The molecule has 1 aromatic rings. The molecule has 0 spiro atoms. The Kier molecular flexibility index (Phi) is 5.63. The van der Waals surface area contributed by atoms with Crippen molar-refractivity contribution < 1.29 is 19.1 Å². The van der Waals surface area contributed by atoms with E-state index in [0.29, 0.717) is 19.8 Å². The van der Waals surface area contributed by atoms with Crippen molar-refractivity contribution in [3.63, 3.8) is 0 Å². The molecular formula is C19H25NO4. The van der Waals surface area contributed by atoms with E-state index in [1.807, 2.05) is 30.3 Å². The van der Waals surface area contributed by atoms with Crippen LogP contribution in [-0.4, -0.2) is 48.5 Å². The molecule has 2 heterocycles. The zero-order valence-corrected chi connectivity index (χ0v) is 14.1. The summed E-state index contributed by atoms with van der Waals surface area (Å²) < 4.78 is 11.3. The van der Waals surface area contributed by atoms with Crippen LogP contribution < -0.4 is 0 Å². The first-order chi connectivity index (χ1) is 11.7. The molecule has 0 bridgehead atoms. The Labute approximate surface area is 142 Å². The second-order valence-corrected chi connectivity index (χ2v) is 6.57. The molecule has 0 aromatic heterocycles. The maximum absolute atomic E-state index is 12.9. The molecule has 5 nitrogen and oxygen atoms in total. The van der Waals surface area contributed by atoms with Crippen LogP contribution in [0.25, 0.3) is 0 Å². The Hall–Kier alpha value is -1.72. The minimum absolute atomic E-state index is 0.0336. The van der Waals surface area contributed by atoms with Gasteiger partial charge in [-0.05, 0) is 18.4 Å². The highest BCUT2D eigenvalue weighted by Crippen LogP contribution is 2.29. The topological polar surface area (TPSA) is 55.8 Å². The molecule has 2 fully saturated rings. The van der Waals surface area contributed by atoms with Gasteiger partial charge >= 0.3 is 0 Å². The lowest BCUT2D eigenvalue weighted by molar-refractivity contribution is -0.142. The van der Waals surface area contributed by atoms with Crippen molar-refractivity contribution in [2.45, 2.75) is 44.9 Å². The van der Waals surface area contributed by atoms with Gasteiger partial charge in [0.15, 0.2) is 5.78 Å². The van der Waals surface area contributed by atoms with E-state index in [0.717, 1.165) is 24.8 Å². The van der Waals surface area contributed by atoms with Crippen LogP contribution in [0.5, 0.6) is 0 Å². The summed E-state index contributed by atoms with van der Waals surface area (Å²) in [5.41, 5.74) is 1.10. The molecule has 2 unspecified atom stereocenters. The monoisotopic (exact) mass is 331 g/mol. The predicted octanol–water partition coefficient (Wildman–Crippen LogP) is 2.19. The van der Waals surface area contributed by atoms with Crippen LogP contribution in [-0.2, 0) is 25.7 Å². The molecule has 1 aromatic carbocycles. The standard InChI is InChI=1S/C19H25NO4/c1-2-6-15(12-23-11-14-7-4-3-5-8-14)19(22)20-10-9-17-18(20)16(21)13-24-17/h3-5,7-8,15,17-18H,2,6,9-13H2,1H3/t15-,17?,18?/m0/s1. The van der Waals surface area contributed by atoms with Gasteiger partial charge in [0.2, 0.25) is 5.91 Å². The average Bonchev–Trinajstić information content (AvgIpc) is 3.18. The number of Topliss-reactive ketones (excluding diaryl/α,β-unsaturated/α-hetero) is 1. The van der Waals surface area contributed by atoms with Crippen LogP contribution in [0.4, 0.5) is 0 Å². The van der Waals surface area contributed by atoms with E-state index in [1.165, 1.54) is 0 Å². The molecule has 2 aliphatic heterocycles. The van der Waals surface area contributed by atoms with E-state index in [2.05, 4.69) is 6.92 Å². The third kappa shape index (κ3) is 3.68. The first-order valence-electron chi connectivity index (χ1n) is 8.77. The zero-order valence-electron chi connectivity index (χ0n) is 14.1. The van der Waals surface area contributed by atoms with E-state index < -0.39 is 0 Å². The summed E-state index contributed by atoms with van der Waals surface area (Å²) >= 11 is 0. The molecule has 24 heavy (non-hydrogen) atoms. The molecule has 0 aliphatic carbocycles. The number of ketones is 1. The number of rotatable bonds is 7. The minimum Gasteiger partial charge on any atom is -0.376 e. The van der Waals surface area contributed by atoms with Crippen molar-refractivity contribution in [3.8, 4) is 0 Å². The number of hydrogen-bond donors (Lipinski definition) is 0. The Morgan fingerprint density at radius 2 is 2.17 bits per heavy atom. The fourth-order valence-corrected chi connectivity index (χ4v) is 3.60. The molecule has 0 radical (unpaired) electrons. The summed E-state index contributed by atoms with van der Waals surface area (Å²) in [5.74, 6) is -0.117. The number of ether oxygens (including phenoxy) is 2. The molecule has 2 aliphatic rings. The van der Waals surface area contributed by atoms with Crippen LogP contribution in [0.15, 0.2) is 30.3 Å². The van der Waals surface area contributed by atoms with E-state index in [4.69, 9.17) is 9.47 Å². The van der Waals surface area contributed by atoms with Gasteiger partial charge in [-0.2, -0.15) is 0 Å². The van der Waals surface area contributed by atoms with Gasteiger partial charge < -0.3 is 14.4 Å². The van der Waals surface area contributed by atoms with Crippen molar-refractivity contribution in [2.24, 2.45) is 5.92 Å². The van der Waals surface area contributed by atoms with Crippen molar-refractivity contribution in [2.75, 3.05) is 19.8 Å². The van der Waals surface area contributed by atoms with Gasteiger partial charge in [-0.3, -0.25) is 9.59 Å². The van der Waals surface area contributed by atoms with Crippen LogP contribution in [0.2, 0.25) is 0 Å². The zero-order chi connectivity index (χ0) is 16.9. The van der Waals surface area contributed by atoms with E-state index in [-0.39, 0.29) is 36.4 Å². The lowest BCUT2D eigenvalue weighted by atomic mass is 10.0. The lowest BCUT2D eigenvalue weighted by Gasteiger charge is -2.26. The molecular weight excluding hydrogens is 306 g/mol. The molecule has 5 heteroatoms. The summed E-state index contributed by atoms with van der Waals surface area (Å²) in [4.78, 5) is 26.6. The number of carbonyl (C=O) groups excluding carboxylic acids is 2. The molecule has 0 saturated carbocycles. The van der Waals surface area contributed by atoms with Crippen molar-refractivity contribution >= 4 is 11.7 Å². The van der Waals surface area contributed by atoms with Gasteiger partial charge in [-0.15, -0.1) is 0 Å². The largest absolute Gasteiger partial charge is 0.376 e. The quantitative estimate of drug-likeness (QED) is 0.768. The molecule has 2 saturated heterocycles. The fourth-order valence-electron chi connectivity index (χ4n) is 3.60. The van der Waals surface area contributed by atoms with Gasteiger partial charge in [0.25, 0.3) is 0 Å². The fraction of sp³-hybridized carbons (Fsp3) is 0.579. The Bertz CT molecular complexity index is 574. The highest BCUT2D eigenvalue weighted by molar-refractivity contribution is 5.93. The third-order valence-corrected chi connectivity index (χ3v) is 4.81. The molecule has 0 N–H and O–H groups in total. The number of likely N-dealkylation sites (tertiary alicyclic amines) is 1. The molecule has 1 amide bonds. The predicted molar refractivity (Wildman–Crippen MR) is 89.4 cm³/mol. The smallest absolute Gasteiger partial charge is 0.228 e. The van der Waals surface area contributed by atoms with Gasteiger partial charge in [0.05, 0.1) is 25.2 Å². The maximum atomic E-state index is 12.9. The van der Waals surface area contributed by atoms with Crippen molar-refractivity contribution in [1.82, 2.24) is 4.90 Å². The third-order valence-electron chi connectivity index (χ3n) is 4.81. The van der Waals surface area contributed by atoms with E-state index in [1.54, 1.807) is 4.90 Å². The molecule has 130 valence electrons. The minimum atomic E-state index is -0.369. The molecule has 3 atom stereocenters. The average molecular weight is 331 g/mol. The summed E-state index contributed by atoms with van der Waals surface area (Å²) in [6.45, 7) is 3.71. The number of fused-ring (bicyclic) bond motifs is 1. The highest BCUT2D eigenvalue weighted by Gasteiger charge is 2.47. The SMILES string of the molecule is CCC[C@@H](COCc1ccccc1)C(=O)N1CCC2OCC(=O)C21. The van der Waals surface area contributed by atoms with Crippen LogP contribution in [0.1, 0.15) is 31.7 Å². The highest BCUT2D eigenvalue weighted by atomic mass is 16.5. The number of carbonyl (C=O) groups is 2. The first kappa shape index (κ1) is 17.1. The summed E-state index contributed by atoms with van der Waals surface area (Å²) in [6.07, 6.45) is 2.34. The van der Waals surface area contributed by atoms with Gasteiger partial charge in [-0.1, -0.05) is 43.7 Å². The Balaban J connectivity index is 1.58. The lowest BCUT2D eigenvalue weighted by Crippen LogP contribution is -2.45. The van der Waals surface area contributed by atoms with Gasteiger partial charge in [0.1, 0.15) is 12.6 Å². The number of hydrogen-bond acceptors (Lipinski definition) is 4. The number of amides is 1. The number of benzene rings is 1. The maximum Gasteiger partial charge on any atom is 0.228 e. The Morgan fingerprint density at radius 1 is 1.38 bits per heavy atom. The normalized spacial score (nSPS) is 24.2. The number of nitrogens with zero attached hydrogens (tertiary/aromatic N) is 1. The van der Waals surface area contributed by atoms with E-state index in [9.17, 15) is 9.59 Å².